The Bertz CT molecular complexity index is 1710. The van der Waals surface area contributed by atoms with Gasteiger partial charge in [-0.15, -0.1) is 0 Å². The van der Waals surface area contributed by atoms with Crippen LogP contribution in [0.15, 0.2) is 54.6 Å². The zero-order valence-corrected chi connectivity index (χ0v) is 32.7. The summed E-state index contributed by atoms with van der Waals surface area (Å²) in [6.07, 6.45) is 8.78. The Labute approximate surface area is 314 Å². The minimum Gasteiger partial charge on any atom is -0.339 e. The van der Waals surface area contributed by atoms with Gasteiger partial charge in [0.1, 0.15) is 17.5 Å². The van der Waals surface area contributed by atoms with Crippen LogP contribution in [0.3, 0.4) is 0 Å². The van der Waals surface area contributed by atoms with Crippen molar-refractivity contribution in [3.63, 3.8) is 0 Å². The predicted octanol–water partition coefficient (Wildman–Crippen LogP) is 10.3. The summed E-state index contributed by atoms with van der Waals surface area (Å²) < 4.78 is 41.3. The summed E-state index contributed by atoms with van der Waals surface area (Å²) in [5.41, 5.74) is 3.51. The van der Waals surface area contributed by atoms with Crippen LogP contribution >= 0.6 is 0 Å². The predicted molar refractivity (Wildman–Crippen MR) is 206 cm³/mol. The molecule has 2 aliphatic heterocycles. The highest BCUT2D eigenvalue weighted by molar-refractivity contribution is 5.95. The highest BCUT2D eigenvalue weighted by Crippen LogP contribution is 2.27. The van der Waals surface area contributed by atoms with E-state index in [9.17, 15) is 27.6 Å². The van der Waals surface area contributed by atoms with Crippen LogP contribution in [0.1, 0.15) is 158 Å². The largest absolute Gasteiger partial charge is 0.339 e. The maximum absolute atomic E-state index is 14.2. The molecular formula is C44H58F3N3O3. The lowest BCUT2D eigenvalue weighted by atomic mass is 9.93. The Morgan fingerprint density at radius 1 is 0.623 bits per heavy atom. The Kier molecular flexibility index (Phi) is 15.1. The number of nitrogens with zero attached hydrogens (tertiary/aromatic N) is 3. The van der Waals surface area contributed by atoms with Crippen molar-refractivity contribution < 1.29 is 27.6 Å². The average Bonchev–Trinajstić information content (AvgIpc) is 3.10. The van der Waals surface area contributed by atoms with Crippen molar-refractivity contribution in [1.29, 1.82) is 0 Å². The second kappa shape index (κ2) is 19.3. The van der Waals surface area contributed by atoms with Crippen molar-refractivity contribution in [3.05, 3.63) is 105 Å². The molecule has 3 aliphatic rings. The van der Waals surface area contributed by atoms with Gasteiger partial charge >= 0.3 is 0 Å². The molecule has 0 spiro atoms. The van der Waals surface area contributed by atoms with Crippen molar-refractivity contribution >= 4 is 17.7 Å². The molecular weight excluding hydrogens is 675 g/mol. The van der Waals surface area contributed by atoms with Gasteiger partial charge in [0.05, 0.1) is 0 Å². The number of carbonyl (C=O) groups is 3. The molecule has 288 valence electrons. The lowest BCUT2D eigenvalue weighted by Gasteiger charge is -2.31. The quantitative estimate of drug-likeness (QED) is 0.232. The van der Waals surface area contributed by atoms with E-state index in [1.807, 2.05) is 48.6 Å². The second-order valence-corrected chi connectivity index (χ2v) is 15.3. The lowest BCUT2D eigenvalue weighted by Crippen LogP contribution is -2.42. The molecule has 0 radical (unpaired) electrons. The third kappa shape index (κ3) is 10.7. The van der Waals surface area contributed by atoms with Crippen LogP contribution in [-0.4, -0.2) is 71.7 Å². The molecule has 1 saturated carbocycles. The van der Waals surface area contributed by atoms with Crippen molar-refractivity contribution in [3.8, 4) is 0 Å². The number of amides is 3. The van der Waals surface area contributed by atoms with E-state index in [0.717, 1.165) is 58.3 Å². The van der Waals surface area contributed by atoms with E-state index >= 15 is 0 Å². The number of likely N-dealkylation sites (tertiary alicyclic amines) is 2. The van der Waals surface area contributed by atoms with Crippen LogP contribution < -0.4 is 0 Å². The van der Waals surface area contributed by atoms with E-state index in [-0.39, 0.29) is 52.9 Å². The van der Waals surface area contributed by atoms with E-state index in [4.69, 9.17) is 0 Å². The Morgan fingerprint density at radius 2 is 1.09 bits per heavy atom. The topological polar surface area (TPSA) is 60.9 Å². The number of hydrogen-bond acceptors (Lipinski definition) is 3. The molecule has 2 saturated heterocycles. The molecule has 9 heteroatoms. The minimum atomic E-state index is -0.277. The monoisotopic (exact) mass is 733 g/mol. The first-order chi connectivity index (χ1) is 25.2. The number of halogens is 3. The molecule has 0 N–H and O–H groups in total. The van der Waals surface area contributed by atoms with Gasteiger partial charge in [0.2, 0.25) is 0 Å². The SMILES string of the molecule is CC(C)c1cc(C(=O)N2CCC2)ccc1F.CC(C)c1ccc(C(=O)N2CCC2)cc1F.CCC(C)c1ccc(C(=O)N(C)C2CCCCC2)cc1F. The van der Waals surface area contributed by atoms with E-state index < -0.39 is 0 Å². The average molecular weight is 734 g/mol. The third-order valence-corrected chi connectivity index (χ3v) is 10.9. The smallest absolute Gasteiger partial charge is 0.253 e. The number of rotatable bonds is 8. The molecule has 2 heterocycles. The Morgan fingerprint density at radius 3 is 1.57 bits per heavy atom. The zero-order chi connectivity index (χ0) is 38.8. The van der Waals surface area contributed by atoms with Crippen molar-refractivity contribution in [2.24, 2.45) is 0 Å². The molecule has 3 aromatic rings. The van der Waals surface area contributed by atoms with E-state index in [1.165, 1.54) is 37.5 Å². The molecule has 3 amide bonds. The molecule has 1 unspecified atom stereocenters. The van der Waals surface area contributed by atoms with Crippen LogP contribution in [-0.2, 0) is 0 Å². The summed E-state index contributed by atoms with van der Waals surface area (Å²) in [5, 5.41) is 0. The normalized spacial score (nSPS) is 16.1. The second-order valence-electron chi connectivity index (χ2n) is 15.3. The molecule has 6 rings (SSSR count). The molecule has 0 bridgehead atoms. The molecule has 53 heavy (non-hydrogen) atoms. The van der Waals surface area contributed by atoms with Crippen LogP contribution in [0.5, 0.6) is 0 Å². The Balaban J connectivity index is 0.000000180. The summed E-state index contributed by atoms with van der Waals surface area (Å²) >= 11 is 0. The highest BCUT2D eigenvalue weighted by atomic mass is 19.1. The molecule has 6 nitrogen and oxygen atoms in total. The standard InChI is InChI=1S/C18H26FNO.2C13H16FNO/c1-4-13(2)16-11-10-14(12-17(16)19)18(21)20(3)15-8-6-5-7-9-15;1-9(2)11-8-10(4-5-12(11)14)13(16)15-6-3-7-15;1-9(2)11-5-4-10(8-12(11)14)13(16)15-6-3-7-15/h10-13,15H,4-9H2,1-3H3;2*4-5,8-9H,3,6-7H2,1-2H3. The first kappa shape index (κ1) is 41.6. The summed E-state index contributed by atoms with van der Waals surface area (Å²) in [7, 11) is 1.85. The fourth-order valence-electron chi connectivity index (χ4n) is 6.77. The van der Waals surface area contributed by atoms with Gasteiger partial charge in [0, 0.05) is 56.0 Å². The first-order valence-electron chi connectivity index (χ1n) is 19.5. The first-order valence-corrected chi connectivity index (χ1v) is 19.5. The Hall–Kier alpha value is -4.14. The minimum absolute atomic E-state index is 0.0214. The van der Waals surface area contributed by atoms with Gasteiger partial charge in [-0.3, -0.25) is 14.4 Å². The zero-order valence-electron chi connectivity index (χ0n) is 32.7. The maximum Gasteiger partial charge on any atom is 0.253 e. The maximum atomic E-state index is 14.2. The van der Waals surface area contributed by atoms with Crippen molar-refractivity contribution in [1.82, 2.24) is 14.7 Å². The fourth-order valence-corrected chi connectivity index (χ4v) is 6.77. The highest BCUT2D eigenvalue weighted by Gasteiger charge is 2.25. The van der Waals surface area contributed by atoms with E-state index in [2.05, 4.69) is 0 Å². The number of hydrogen-bond donors (Lipinski definition) is 0. The molecule has 0 aromatic heterocycles. The van der Waals surface area contributed by atoms with Gasteiger partial charge in [-0.2, -0.15) is 0 Å². The van der Waals surface area contributed by atoms with Crippen LogP contribution in [0.4, 0.5) is 13.2 Å². The molecule has 1 atom stereocenters. The number of benzene rings is 3. The van der Waals surface area contributed by atoms with Crippen molar-refractivity contribution in [2.45, 2.75) is 117 Å². The van der Waals surface area contributed by atoms with Gasteiger partial charge in [0.25, 0.3) is 17.7 Å². The fraction of sp³-hybridized carbons (Fsp3) is 0.523. The summed E-state index contributed by atoms with van der Waals surface area (Å²) in [4.78, 5) is 41.6. The summed E-state index contributed by atoms with van der Waals surface area (Å²) in [6, 6.07) is 14.7. The summed E-state index contributed by atoms with van der Waals surface area (Å²) in [5.74, 6) is -0.420. The van der Waals surface area contributed by atoms with E-state index in [1.54, 1.807) is 51.1 Å². The van der Waals surface area contributed by atoms with Gasteiger partial charge in [0.15, 0.2) is 0 Å². The lowest BCUT2D eigenvalue weighted by molar-refractivity contribution is 0.0644. The summed E-state index contributed by atoms with van der Waals surface area (Å²) in [6.45, 7) is 15.0. The van der Waals surface area contributed by atoms with E-state index in [0.29, 0.717) is 39.4 Å². The van der Waals surface area contributed by atoms with Gasteiger partial charge < -0.3 is 14.7 Å². The van der Waals surface area contributed by atoms with Gasteiger partial charge in [-0.25, -0.2) is 13.2 Å². The van der Waals surface area contributed by atoms with Gasteiger partial charge in [-0.1, -0.05) is 72.9 Å². The van der Waals surface area contributed by atoms with Crippen molar-refractivity contribution in [2.75, 3.05) is 33.2 Å². The molecule has 3 aromatic carbocycles. The van der Waals surface area contributed by atoms with Crippen LogP contribution in [0.2, 0.25) is 0 Å². The third-order valence-electron chi connectivity index (χ3n) is 10.9. The molecule has 3 fully saturated rings. The van der Waals surface area contributed by atoms with Gasteiger partial charge in [-0.05, 0) is 109 Å². The number of carbonyl (C=O) groups excluding carboxylic acids is 3. The van der Waals surface area contributed by atoms with Crippen LogP contribution in [0.25, 0.3) is 0 Å². The van der Waals surface area contributed by atoms with Crippen LogP contribution in [0, 0.1) is 17.5 Å². The molecule has 1 aliphatic carbocycles.